The Bertz CT molecular complexity index is 1380. The highest BCUT2D eigenvalue weighted by molar-refractivity contribution is 6.86. The minimum Gasteiger partial charge on any atom is -0.0946 e. The second kappa shape index (κ2) is 19.6. The zero-order chi connectivity index (χ0) is 46.1. The molecule has 0 saturated carbocycles. The summed E-state index contributed by atoms with van der Waals surface area (Å²) < 4.78 is -58.3. The van der Waals surface area contributed by atoms with E-state index in [0.717, 1.165) is 0 Å². The first-order valence-corrected chi connectivity index (χ1v) is 25.2. The van der Waals surface area contributed by atoms with Crippen LogP contribution in [0.3, 0.4) is 0 Å². The van der Waals surface area contributed by atoms with Crippen LogP contribution in [0.5, 0.6) is 0 Å². The molecule has 0 aromatic rings. The van der Waals surface area contributed by atoms with E-state index in [1.165, 1.54) is 0 Å². The van der Waals surface area contributed by atoms with Crippen molar-refractivity contribution in [2.75, 3.05) is 0 Å². The predicted molar refractivity (Wildman–Crippen MR) is 266 cm³/mol. The van der Waals surface area contributed by atoms with Crippen LogP contribution in [0.25, 0.3) is 0 Å². The largest absolute Gasteiger partial charge is 0.226 e. The predicted octanol–water partition coefficient (Wildman–Crippen LogP) is 22.1. The Morgan fingerprint density at radius 1 is 0.164 bits per heavy atom. The Morgan fingerprint density at radius 3 is 0.382 bits per heavy atom. The molecule has 0 saturated heterocycles. The highest BCUT2D eigenvalue weighted by Crippen LogP contribution is 2.78. The maximum Gasteiger partial charge on any atom is 0.226 e. The Hall–Kier alpha value is 10.7. The monoisotopic (exact) mass is 1510 g/mol. The van der Waals surface area contributed by atoms with E-state index >= 15 is 0 Å². The molecule has 0 atom stereocenters. The molecule has 0 bridgehead atoms. The molecule has 0 aromatic carbocycles. The average molecular weight is 1530 g/mol. The van der Waals surface area contributed by atoms with E-state index in [-0.39, 0.29) is 0 Å². The fourth-order valence-electron chi connectivity index (χ4n) is 3.06. The summed E-state index contributed by atoms with van der Waals surface area (Å²) in [7, 11) is 0. The van der Waals surface area contributed by atoms with Gasteiger partial charge in [-0.3, -0.25) is 0 Å². The Morgan fingerprint density at radius 2 is 0.273 bits per heavy atom. The molecule has 0 aliphatic heterocycles. The van der Waals surface area contributed by atoms with E-state index in [4.69, 9.17) is 429 Å². The third-order valence-corrected chi connectivity index (χ3v) is 32.7. The second-order valence-electron chi connectivity index (χ2n) is 9.95. The lowest BCUT2D eigenvalue weighted by Gasteiger charge is -2.59. The molecule has 1 radical (unpaired) electrons. The smallest absolute Gasteiger partial charge is 0.0946 e. The lowest BCUT2D eigenvalue weighted by Crippen LogP contribution is -2.76. The van der Waals surface area contributed by atoms with Gasteiger partial charge in [0, 0.05) is 0 Å². The van der Waals surface area contributed by atoms with Crippen molar-refractivity contribution in [3.8, 4) is 0 Å². The fourth-order valence-corrected chi connectivity index (χ4v) is 15.4. The highest BCUT2D eigenvalue weighted by atomic mass is 35.6. The number of hydrogen-bond acceptors (Lipinski definition) is 0. The van der Waals surface area contributed by atoms with Gasteiger partial charge in [-0.25, -0.2) is 0 Å². The molecule has 0 aromatic heterocycles. The summed E-state index contributed by atoms with van der Waals surface area (Å²) in [5, 5.41) is 0. The van der Waals surface area contributed by atoms with Crippen LogP contribution < -0.4 is 0 Å². The molecule has 331 valence electrons. The van der Waals surface area contributed by atoms with Crippen LogP contribution in [-0.4, -0.2) is 73.1 Å². The molecule has 0 heterocycles. The van der Waals surface area contributed by atoms with Crippen molar-refractivity contribution < 1.29 is 0 Å². The van der Waals surface area contributed by atoms with Gasteiger partial charge < -0.3 is 0 Å². The maximum absolute atomic E-state index is 6.56. The zero-order valence-corrected chi connectivity index (χ0v) is 51.0. The van der Waals surface area contributed by atoms with E-state index in [2.05, 4.69) is 0 Å². The summed E-state index contributed by atoms with van der Waals surface area (Å²) >= 11 is 234. The molecule has 0 N–H and O–H groups in total. The van der Waals surface area contributed by atoms with E-state index in [1.54, 1.807) is 0 Å². The van der Waals surface area contributed by atoms with E-state index in [9.17, 15) is 0 Å². The third kappa shape index (κ3) is 9.86. The molecule has 55 heavy (non-hydrogen) atoms. The summed E-state index contributed by atoms with van der Waals surface area (Å²) in [6, 6.07) is 0. The van der Waals surface area contributed by atoms with Crippen molar-refractivity contribution in [2.45, 2.75) is 73.1 Å². The first kappa shape index (κ1) is 65.7. The van der Waals surface area contributed by atoms with Crippen LogP contribution in [0.2, 0.25) is 0 Å². The second-order valence-corrected chi connectivity index (χ2v) is 34.4. The normalized spacial score (nSPS) is 17.3. The van der Waals surface area contributed by atoms with Crippen LogP contribution in [0, 0.1) is 4.84 Å². The van der Waals surface area contributed by atoms with Crippen molar-refractivity contribution in [1.82, 2.24) is 0 Å². The molecular weight excluding hydrogens is 1530 g/mol. The SMILES string of the molecule is Cl[C](Cl)C(Cl)(Cl)C(Cl)(Cl)C(Cl)(Cl)C(Cl)(Cl)C(Cl)(Cl)C(Cl)(Cl)C(Cl)(Cl)C(Cl)(Cl)C(Cl)(Cl)C(Cl)(Cl)C(Cl)(Cl)C(Cl)(Cl)C(Cl)(Cl)C(Cl)(Cl)C(Cl)(Cl)C(Cl)(Cl)C(Cl)(Cl)Cl. The highest BCUT2D eigenvalue weighted by Gasteiger charge is 2.88. The standard InChI is InChI=1S/C18Cl37/c19-1(20)2(21,22)3(23,24)4(25,26)5(27,28)6(29,30)7(31,32)8(33,34)9(35,36)10(37,38)11(39,40)12(41,42)13(43,44)14(45,46)15(47,48)16(49,50)17(51,52)18(53,54)55. The Balaban J connectivity index is 7.82. The van der Waals surface area contributed by atoms with E-state index in [0.29, 0.717) is 0 Å². The minimum atomic E-state index is -3.69. The summed E-state index contributed by atoms with van der Waals surface area (Å²) in [5.41, 5.74) is 0. The Labute approximate surface area is 498 Å². The van der Waals surface area contributed by atoms with Crippen LogP contribution in [-0.2, 0) is 0 Å². The third-order valence-electron chi connectivity index (χ3n) is 6.51. The van der Waals surface area contributed by atoms with E-state index in [1.807, 2.05) is 0 Å². The van der Waals surface area contributed by atoms with Gasteiger partial charge in [0.05, 0.1) is 0 Å². The van der Waals surface area contributed by atoms with Gasteiger partial charge in [0.1, 0.15) is 0 Å². The summed E-state index contributed by atoms with van der Waals surface area (Å²) in [6.07, 6.45) is 0. The zero-order valence-electron chi connectivity index (χ0n) is 23.0. The Kier molecular flexibility index (Phi) is 23.5. The van der Waals surface area contributed by atoms with Crippen molar-refractivity contribution in [2.24, 2.45) is 0 Å². The van der Waals surface area contributed by atoms with Gasteiger partial charge in [-0.1, -0.05) is 429 Å². The molecule has 0 rings (SSSR count). The average Bonchev–Trinajstić information content (AvgIpc) is 2.94. The molecule has 37 heteroatoms. The number of hydrogen-bond donors (Lipinski definition) is 0. The van der Waals surface area contributed by atoms with Gasteiger partial charge in [0.2, 0.25) is 8.13 Å². The molecular formula is C18Cl37. The van der Waals surface area contributed by atoms with Crippen LogP contribution >= 0.6 is 429 Å². The number of alkyl halides is 35. The summed E-state index contributed by atoms with van der Waals surface area (Å²) in [6.45, 7) is 0. The van der Waals surface area contributed by atoms with Crippen molar-refractivity contribution >= 4 is 429 Å². The quantitative estimate of drug-likeness (QED) is 0.135. The minimum absolute atomic E-state index is 0.996. The molecule has 0 aliphatic carbocycles. The van der Waals surface area contributed by atoms with Crippen molar-refractivity contribution in [3.63, 3.8) is 0 Å². The topological polar surface area (TPSA) is 0 Å². The van der Waals surface area contributed by atoms with E-state index < -0.39 is 78.0 Å². The molecule has 0 amide bonds. The van der Waals surface area contributed by atoms with Gasteiger partial charge in [0.25, 0.3) is 0 Å². The first-order chi connectivity index (χ1) is 22.9. The first-order valence-electron chi connectivity index (χ1n) is 11.2. The fraction of sp³-hybridized carbons (Fsp3) is 0.944. The number of rotatable bonds is 16. The van der Waals surface area contributed by atoms with Gasteiger partial charge in [-0.2, -0.15) is 0 Å². The van der Waals surface area contributed by atoms with Crippen LogP contribution in [0.1, 0.15) is 0 Å². The molecule has 0 nitrogen and oxygen atoms in total. The van der Waals surface area contributed by atoms with Gasteiger partial charge in [-0.05, 0) is 0 Å². The molecule has 0 aliphatic rings. The van der Waals surface area contributed by atoms with Gasteiger partial charge in [-0.15, -0.1) is 0 Å². The van der Waals surface area contributed by atoms with Crippen molar-refractivity contribution in [3.05, 3.63) is 4.84 Å². The van der Waals surface area contributed by atoms with Gasteiger partial charge >= 0.3 is 0 Å². The van der Waals surface area contributed by atoms with Gasteiger partial charge in [0.15, 0.2) is 69.8 Å². The van der Waals surface area contributed by atoms with Crippen LogP contribution in [0.4, 0.5) is 0 Å². The van der Waals surface area contributed by atoms with Crippen LogP contribution in [0.15, 0.2) is 0 Å². The lowest BCUT2D eigenvalue weighted by molar-refractivity contribution is 0.394. The molecule has 0 fully saturated rings. The lowest BCUT2D eigenvalue weighted by atomic mass is 9.96. The maximum atomic E-state index is 6.56. The van der Waals surface area contributed by atoms with Crippen molar-refractivity contribution in [1.29, 1.82) is 0 Å². The summed E-state index contributed by atoms with van der Waals surface area (Å²) in [5.74, 6) is 0. The number of halogens is 37. The summed E-state index contributed by atoms with van der Waals surface area (Å²) in [4.78, 5) is -0.996. The molecule has 0 spiro atoms. The molecule has 0 unspecified atom stereocenters.